The van der Waals surface area contributed by atoms with Gasteiger partial charge in [0.25, 0.3) is 5.91 Å². The number of hydrogen-bond donors (Lipinski definition) is 0. The smallest absolute Gasteiger partial charge is 0.253 e. The van der Waals surface area contributed by atoms with Crippen LogP contribution in [0, 0.1) is 0 Å². The van der Waals surface area contributed by atoms with Gasteiger partial charge in [-0.25, -0.2) is 0 Å². The van der Waals surface area contributed by atoms with Crippen LogP contribution in [0.5, 0.6) is 5.75 Å². The van der Waals surface area contributed by atoms with E-state index < -0.39 is 0 Å². The van der Waals surface area contributed by atoms with Crippen LogP contribution in [-0.4, -0.2) is 40.7 Å². The minimum atomic E-state index is 0.0281. The number of benzene rings is 1. The van der Waals surface area contributed by atoms with Gasteiger partial charge in [0, 0.05) is 29.6 Å². The second-order valence-electron chi connectivity index (χ2n) is 6.51. The number of carbonyl (C=O) groups is 1. The van der Waals surface area contributed by atoms with Crippen LogP contribution in [0.1, 0.15) is 41.9 Å². The van der Waals surface area contributed by atoms with Gasteiger partial charge in [-0.15, -0.1) is 10.2 Å². The average molecular weight is 383 g/mol. The predicted molar refractivity (Wildman–Crippen MR) is 103 cm³/mol. The van der Waals surface area contributed by atoms with Crippen molar-refractivity contribution < 1.29 is 13.9 Å². The van der Waals surface area contributed by atoms with Gasteiger partial charge in [-0.3, -0.25) is 4.79 Å². The molecule has 3 heterocycles. The van der Waals surface area contributed by atoms with Crippen LogP contribution in [0.4, 0.5) is 0 Å². The lowest BCUT2D eigenvalue weighted by atomic mass is 9.97. The predicted octanol–water partition coefficient (Wildman–Crippen LogP) is 4.22. The number of aromatic nitrogens is 2. The van der Waals surface area contributed by atoms with Gasteiger partial charge in [-0.1, -0.05) is 0 Å². The summed E-state index contributed by atoms with van der Waals surface area (Å²) in [6, 6.07) is 9.27. The fourth-order valence-corrected chi connectivity index (χ4v) is 3.94. The number of carbonyl (C=O) groups excluding carboxylic acids is 1. The molecule has 140 valence electrons. The highest BCUT2D eigenvalue weighted by Crippen LogP contribution is 2.29. The third kappa shape index (κ3) is 3.88. The highest BCUT2D eigenvalue weighted by molar-refractivity contribution is 7.08. The number of rotatable bonds is 5. The molecule has 0 saturated carbocycles. The van der Waals surface area contributed by atoms with E-state index in [4.69, 9.17) is 9.15 Å². The minimum absolute atomic E-state index is 0.0281. The molecule has 1 fully saturated rings. The Morgan fingerprint density at radius 3 is 2.89 bits per heavy atom. The number of piperidine rings is 1. The molecule has 0 N–H and O–H groups in total. The number of likely N-dealkylation sites (tertiary alicyclic amines) is 1. The summed E-state index contributed by atoms with van der Waals surface area (Å²) in [6.07, 6.45) is 1.86. The molecule has 1 saturated heterocycles. The molecule has 6 nitrogen and oxygen atoms in total. The van der Waals surface area contributed by atoms with E-state index >= 15 is 0 Å². The highest BCUT2D eigenvalue weighted by Gasteiger charge is 2.29. The Bertz CT molecular complexity index is 890. The Balaban J connectivity index is 1.45. The lowest BCUT2D eigenvalue weighted by Gasteiger charge is -2.31. The topological polar surface area (TPSA) is 68.5 Å². The van der Waals surface area contributed by atoms with E-state index in [0.717, 1.165) is 30.7 Å². The second-order valence-corrected chi connectivity index (χ2v) is 7.29. The van der Waals surface area contributed by atoms with Gasteiger partial charge in [-0.2, -0.15) is 11.3 Å². The Morgan fingerprint density at radius 1 is 1.30 bits per heavy atom. The van der Waals surface area contributed by atoms with Crippen molar-refractivity contribution in [2.45, 2.75) is 25.7 Å². The first-order valence-corrected chi connectivity index (χ1v) is 10.1. The van der Waals surface area contributed by atoms with Crippen molar-refractivity contribution in [3.8, 4) is 17.2 Å². The number of hydrogen-bond acceptors (Lipinski definition) is 6. The SMILES string of the molecule is CCOc1ccc(C(=O)N2CCCC(c3nnc(-c4ccsc4)o3)C2)cc1. The van der Waals surface area contributed by atoms with E-state index in [1.165, 1.54) is 0 Å². The molecule has 0 aliphatic carbocycles. The number of thiophene rings is 1. The van der Waals surface area contributed by atoms with Gasteiger partial charge in [0.15, 0.2) is 0 Å². The molecule has 0 spiro atoms. The van der Waals surface area contributed by atoms with Crippen LogP contribution in [0.2, 0.25) is 0 Å². The lowest BCUT2D eigenvalue weighted by Crippen LogP contribution is -2.39. The molecule has 1 unspecified atom stereocenters. The van der Waals surface area contributed by atoms with Crippen molar-refractivity contribution in [1.29, 1.82) is 0 Å². The molecular formula is C20H21N3O3S. The quantitative estimate of drug-likeness (QED) is 0.660. The molecule has 4 rings (SSSR count). The van der Waals surface area contributed by atoms with Crippen LogP contribution in [0.15, 0.2) is 45.5 Å². The van der Waals surface area contributed by atoms with Gasteiger partial charge in [-0.05, 0) is 55.5 Å². The molecule has 1 aliphatic heterocycles. The van der Waals surface area contributed by atoms with Gasteiger partial charge >= 0.3 is 0 Å². The summed E-state index contributed by atoms with van der Waals surface area (Å²) < 4.78 is 11.3. The molecule has 0 radical (unpaired) electrons. The Kier molecular flexibility index (Phi) is 5.20. The normalized spacial score (nSPS) is 17.1. The lowest BCUT2D eigenvalue weighted by molar-refractivity contribution is 0.0698. The van der Waals surface area contributed by atoms with Crippen molar-refractivity contribution in [2.75, 3.05) is 19.7 Å². The Hall–Kier alpha value is -2.67. The minimum Gasteiger partial charge on any atom is -0.494 e. The van der Waals surface area contributed by atoms with Gasteiger partial charge in [0.2, 0.25) is 11.8 Å². The van der Waals surface area contributed by atoms with E-state index in [-0.39, 0.29) is 11.8 Å². The van der Waals surface area contributed by atoms with Crippen LogP contribution in [-0.2, 0) is 0 Å². The third-order valence-corrected chi connectivity index (χ3v) is 5.36. The molecule has 7 heteroatoms. The van der Waals surface area contributed by atoms with Crippen molar-refractivity contribution in [3.05, 3.63) is 52.5 Å². The standard InChI is InChI=1S/C20H21N3O3S/c1-2-25-17-7-5-14(6-8-17)20(24)23-10-3-4-15(12-23)18-21-22-19(26-18)16-9-11-27-13-16/h5-9,11,13,15H,2-4,10,12H2,1H3. The summed E-state index contributed by atoms with van der Waals surface area (Å²) in [5.41, 5.74) is 1.61. The van der Waals surface area contributed by atoms with Crippen LogP contribution < -0.4 is 4.74 Å². The van der Waals surface area contributed by atoms with Crippen molar-refractivity contribution >= 4 is 17.2 Å². The van der Waals surface area contributed by atoms with Crippen LogP contribution >= 0.6 is 11.3 Å². The molecule has 1 aliphatic rings. The van der Waals surface area contributed by atoms with Gasteiger partial charge in [0.05, 0.1) is 12.5 Å². The first-order valence-electron chi connectivity index (χ1n) is 9.12. The molecule has 1 atom stereocenters. The van der Waals surface area contributed by atoms with E-state index in [1.54, 1.807) is 11.3 Å². The molecule has 2 aromatic heterocycles. The highest BCUT2D eigenvalue weighted by atomic mass is 32.1. The first kappa shape index (κ1) is 17.7. The zero-order valence-corrected chi connectivity index (χ0v) is 15.9. The maximum Gasteiger partial charge on any atom is 0.253 e. The molecular weight excluding hydrogens is 362 g/mol. The Morgan fingerprint density at radius 2 is 2.15 bits per heavy atom. The fraction of sp³-hybridized carbons (Fsp3) is 0.350. The van der Waals surface area contributed by atoms with E-state index in [9.17, 15) is 4.79 Å². The fourth-order valence-electron chi connectivity index (χ4n) is 3.31. The van der Waals surface area contributed by atoms with Crippen molar-refractivity contribution in [3.63, 3.8) is 0 Å². The summed E-state index contributed by atoms with van der Waals surface area (Å²) >= 11 is 1.60. The van der Waals surface area contributed by atoms with E-state index in [0.29, 0.717) is 30.5 Å². The molecule has 27 heavy (non-hydrogen) atoms. The molecule has 3 aromatic rings. The average Bonchev–Trinajstić information content (AvgIpc) is 3.40. The summed E-state index contributed by atoms with van der Waals surface area (Å²) in [4.78, 5) is 14.7. The second kappa shape index (κ2) is 7.92. The summed E-state index contributed by atoms with van der Waals surface area (Å²) in [7, 11) is 0. The molecule has 1 amide bonds. The van der Waals surface area contributed by atoms with E-state index in [2.05, 4.69) is 10.2 Å². The summed E-state index contributed by atoms with van der Waals surface area (Å²) in [6.45, 7) is 3.89. The zero-order valence-electron chi connectivity index (χ0n) is 15.1. The molecule has 1 aromatic carbocycles. The van der Waals surface area contributed by atoms with Gasteiger partial charge in [0.1, 0.15) is 5.75 Å². The maximum atomic E-state index is 12.9. The molecule has 0 bridgehead atoms. The van der Waals surface area contributed by atoms with E-state index in [1.807, 2.05) is 52.9 Å². The summed E-state index contributed by atoms with van der Waals surface area (Å²) in [5, 5.41) is 12.4. The third-order valence-electron chi connectivity index (χ3n) is 4.68. The Labute approximate surface area is 161 Å². The monoisotopic (exact) mass is 383 g/mol. The number of nitrogens with zero attached hydrogens (tertiary/aromatic N) is 3. The maximum absolute atomic E-state index is 12.9. The number of ether oxygens (including phenoxy) is 1. The van der Waals surface area contributed by atoms with Crippen LogP contribution in [0.25, 0.3) is 11.5 Å². The van der Waals surface area contributed by atoms with Crippen LogP contribution in [0.3, 0.4) is 0 Å². The zero-order chi connectivity index (χ0) is 18.6. The van der Waals surface area contributed by atoms with Crippen molar-refractivity contribution in [2.24, 2.45) is 0 Å². The first-order chi connectivity index (χ1) is 13.2. The van der Waals surface area contributed by atoms with Gasteiger partial charge < -0.3 is 14.1 Å². The largest absolute Gasteiger partial charge is 0.494 e. The number of amides is 1. The van der Waals surface area contributed by atoms with Crippen molar-refractivity contribution in [1.82, 2.24) is 15.1 Å². The summed E-state index contributed by atoms with van der Waals surface area (Å²) in [5.74, 6) is 2.03.